The van der Waals surface area contributed by atoms with Gasteiger partial charge < -0.3 is 9.47 Å². The second kappa shape index (κ2) is 22.9. The number of unbranched alkanes of at least 4 members (excludes halogenated alkanes) is 8. The van der Waals surface area contributed by atoms with E-state index in [0.717, 1.165) is 26.2 Å². The summed E-state index contributed by atoms with van der Waals surface area (Å²) >= 11 is 0. The van der Waals surface area contributed by atoms with Crippen molar-refractivity contribution in [1.82, 2.24) is 9.80 Å². The van der Waals surface area contributed by atoms with Gasteiger partial charge in [-0.3, -0.25) is 9.80 Å². The summed E-state index contributed by atoms with van der Waals surface area (Å²) in [6, 6.07) is 17.4. The highest BCUT2D eigenvalue weighted by Crippen LogP contribution is 2.28. The van der Waals surface area contributed by atoms with Crippen molar-refractivity contribution in [3.63, 3.8) is 0 Å². The van der Waals surface area contributed by atoms with Gasteiger partial charge in [-0.15, -0.1) is 0 Å². The monoisotopic (exact) mass is 552 g/mol. The van der Waals surface area contributed by atoms with Crippen molar-refractivity contribution >= 4 is 0 Å². The maximum atomic E-state index is 6.34. The Labute approximate surface area is 247 Å². The minimum atomic E-state index is 0.631. The van der Waals surface area contributed by atoms with E-state index < -0.39 is 0 Å². The first-order valence-electron chi connectivity index (χ1n) is 16.5. The normalized spacial score (nSPS) is 11.7. The van der Waals surface area contributed by atoms with Crippen molar-refractivity contribution in [2.45, 2.75) is 118 Å². The Morgan fingerprint density at radius 2 is 0.775 bits per heavy atom. The van der Waals surface area contributed by atoms with Crippen LogP contribution in [0.3, 0.4) is 0 Å². The fourth-order valence-corrected chi connectivity index (χ4v) is 5.21. The fourth-order valence-electron chi connectivity index (χ4n) is 5.21. The van der Waals surface area contributed by atoms with E-state index >= 15 is 0 Å². The Morgan fingerprint density at radius 1 is 0.450 bits per heavy atom. The second-order valence-electron chi connectivity index (χ2n) is 11.3. The first-order valence-corrected chi connectivity index (χ1v) is 16.5. The van der Waals surface area contributed by atoms with Crippen LogP contribution >= 0.6 is 0 Å². The van der Waals surface area contributed by atoms with Crippen LogP contribution in [0.15, 0.2) is 48.5 Å². The van der Waals surface area contributed by atoms with Gasteiger partial charge in [0.15, 0.2) is 0 Å². The first kappa shape index (κ1) is 34.5. The third kappa shape index (κ3) is 14.3. The van der Waals surface area contributed by atoms with E-state index in [0.29, 0.717) is 26.7 Å². The summed E-state index contributed by atoms with van der Waals surface area (Å²) in [6.45, 7) is 16.3. The molecule has 2 rings (SSSR count). The lowest BCUT2D eigenvalue weighted by molar-refractivity contribution is 0.0165. The molecule has 4 nitrogen and oxygen atoms in total. The molecule has 0 aliphatic carbocycles. The largest absolute Gasteiger partial charge is 0.361 e. The molecule has 0 N–H and O–H groups in total. The van der Waals surface area contributed by atoms with Gasteiger partial charge in [0.2, 0.25) is 0 Å². The van der Waals surface area contributed by atoms with E-state index in [2.05, 4.69) is 86.0 Å². The van der Waals surface area contributed by atoms with Crippen molar-refractivity contribution in [2.24, 2.45) is 0 Å². The van der Waals surface area contributed by atoms with E-state index in [4.69, 9.17) is 9.47 Å². The molecule has 0 radical (unpaired) electrons. The third-order valence-corrected chi connectivity index (χ3v) is 7.70. The van der Waals surface area contributed by atoms with E-state index in [1.54, 1.807) is 0 Å². The van der Waals surface area contributed by atoms with Crippen LogP contribution in [0.5, 0.6) is 0 Å². The molecule has 0 amide bonds. The van der Waals surface area contributed by atoms with Gasteiger partial charge in [0.1, 0.15) is 0 Å². The molecule has 0 saturated heterocycles. The summed E-state index contributed by atoms with van der Waals surface area (Å²) in [4.78, 5) is 5.00. The molecule has 0 aromatic heterocycles. The molecule has 0 atom stereocenters. The quantitative estimate of drug-likeness (QED) is 0.0904. The van der Waals surface area contributed by atoms with Crippen LogP contribution in [0, 0.1) is 0 Å². The molecular weight excluding hydrogens is 492 g/mol. The number of nitrogens with zero attached hydrogens (tertiary/aromatic N) is 2. The van der Waals surface area contributed by atoms with Crippen LogP contribution in [0.4, 0.5) is 0 Å². The summed E-state index contributed by atoms with van der Waals surface area (Å²) in [5.41, 5.74) is 5.01. The number of ether oxygens (including phenoxy) is 2. The van der Waals surface area contributed by atoms with E-state index in [1.807, 2.05) is 0 Å². The summed E-state index contributed by atoms with van der Waals surface area (Å²) in [6.07, 6.45) is 15.2. The Balaban J connectivity index is 2.00. The predicted octanol–water partition coefficient (Wildman–Crippen LogP) is 9.67. The molecule has 0 heterocycles. The van der Waals surface area contributed by atoms with Gasteiger partial charge in [-0.05, 0) is 47.9 Å². The molecule has 4 heteroatoms. The lowest BCUT2D eigenvalue weighted by atomic mass is 9.96. The molecule has 0 aliphatic heterocycles. The van der Waals surface area contributed by atoms with E-state index in [1.165, 1.54) is 99.3 Å². The first-order chi connectivity index (χ1) is 19.7. The average Bonchev–Trinajstić information content (AvgIpc) is 2.98. The van der Waals surface area contributed by atoms with Crippen molar-refractivity contribution in [3.8, 4) is 11.1 Å². The zero-order valence-corrected chi connectivity index (χ0v) is 26.5. The highest BCUT2D eigenvalue weighted by Gasteiger charge is 2.12. The molecule has 0 unspecified atom stereocenters. The van der Waals surface area contributed by atoms with Crippen molar-refractivity contribution in [2.75, 3.05) is 39.6 Å². The molecule has 0 spiro atoms. The summed E-state index contributed by atoms with van der Waals surface area (Å²) in [7, 11) is 0. The minimum Gasteiger partial charge on any atom is -0.361 e. The number of hydrogen-bond donors (Lipinski definition) is 0. The molecule has 226 valence electrons. The Hall–Kier alpha value is -1.72. The summed E-state index contributed by atoms with van der Waals surface area (Å²) in [5.74, 6) is 0. The van der Waals surface area contributed by atoms with Gasteiger partial charge in [0, 0.05) is 26.2 Å². The third-order valence-electron chi connectivity index (χ3n) is 7.70. The van der Waals surface area contributed by atoms with Gasteiger partial charge in [0.25, 0.3) is 0 Å². The van der Waals surface area contributed by atoms with Crippen LogP contribution in [-0.2, 0) is 22.7 Å². The molecule has 0 bridgehead atoms. The standard InChI is InChI=1S/C36H60N2O2/c1-5-9-17-25-37(26-18-10-6-2)31-39-29-33-21-13-15-23-35(33)36-24-16-14-22-34(36)30-40-32-38(27-19-11-7-3)28-20-12-8-4/h13-16,21-24H,5-12,17-20,25-32H2,1-4H3. The lowest BCUT2D eigenvalue weighted by Crippen LogP contribution is -2.29. The van der Waals surface area contributed by atoms with Gasteiger partial charge >= 0.3 is 0 Å². The van der Waals surface area contributed by atoms with E-state index in [9.17, 15) is 0 Å². The minimum absolute atomic E-state index is 0.631. The van der Waals surface area contributed by atoms with Gasteiger partial charge in [-0.25, -0.2) is 0 Å². The summed E-state index contributed by atoms with van der Waals surface area (Å²) in [5, 5.41) is 0. The SMILES string of the molecule is CCCCCN(CCCCC)COCc1ccccc1-c1ccccc1COCN(CCCCC)CCCCC. The molecule has 0 fully saturated rings. The molecule has 0 aliphatic rings. The van der Waals surface area contributed by atoms with Crippen LogP contribution in [0.2, 0.25) is 0 Å². The Kier molecular flexibility index (Phi) is 19.7. The van der Waals surface area contributed by atoms with Gasteiger partial charge in [0.05, 0.1) is 26.7 Å². The molecule has 2 aromatic carbocycles. The molecule has 40 heavy (non-hydrogen) atoms. The van der Waals surface area contributed by atoms with Crippen molar-refractivity contribution in [1.29, 1.82) is 0 Å². The predicted molar refractivity (Wildman–Crippen MR) is 172 cm³/mol. The van der Waals surface area contributed by atoms with Gasteiger partial charge in [-0.2, -0.15) is 0 Å². The average molecular weight is 553 g/mol. The summed E-state index contributed by atoms with van der Waals surface area (Å²) < 4.78 is 12.7. The van der Waals surface area contributed by atoms with Crippen LogP contribution in [0.1, 0.15) is 116 Å². The van der Waals surface area contributed by atoms with E-state index in [-0.39, 0.29) is 0 Å². The second-order valence-corrected chi connectivity index (χ2v) is 11.3. The fraction of sp³-hybridized carbons (Fsp3) is 0.667. The maximum absolute atomic E-state index is 6.34. The topological polar surface area (TPSA) is 24.9 Å². The zero-order valence-electron chi connectivity index (χ0n) is 26.5. The maximum Gasteiger partial charge on any atom is 0.0994 e. The molecular formula is C36H60N2O2. The van der Waals surface area contributed by atoms with Crippen molar-refractivity contribution in [3.05, 3.63) is 59.7 Å². The van der Waals surface area contributed by atoms with Gasteiger partial charge in [-0.1, -0.05) is 128 Å². The van der Waals surface area contributed by atoms with Crippen LogP contribution < -0.4 is 0 Å². The Bertz CT molecular complexity index is 780. The lowest BCUT2D eigenvalue weighted by Gasteiger charge is -2.23. The smallest absolute Gasteiger partial charge is 0.0994 e. The number of rotatable bonds is 25. The number of benzene rings is 2. The van der Waals surface area contributed by atoms with Crippen molar-refractivity contribution < 1.29 is 9.47 Å². The highest BCUT2D eigenvalue weighted by atomic mass is 16.5. The van der Waals surface area contributed by atoms with Crippen LogP contribution in [-0.4, -0.2) is 49.4 Å². The zero-order chi connectivity index (χ0) is 28.7. The Morgan fingerprint density at radius 3 is 1.10 bits per heavy atom. The molecule has 0 saturated carbocycles. The number of hydrogen-bond acceptors (Lipinski definition) is 4. The highest BCUT2D eigenvalue weighted by molar-refractivity contribution is 5.70. The molecule has 2 aromatic rings. The van der Waals surface area contributed by atoms with Crippen LogP contribution in [0.25, 0.3) is 11.1 Å².